The van der Waals surface area contributed by atoms with E-state index in [1.54, 1.807) is 6.08 Å². The number of carbonyl (C=O) groups is 1. The van der Waals surface area contributed by atoms with Crippen LogP contribution in [0.15, 0.2) is 47.4 Å². The number of benzene rings is 1. The summed E-state index contributed by atoms with van der Waals surface area (Å²) < 4.78 is 17.4. The van der Waals surface area contributed by atoms with Gasteiger partial charge in [0.05, 0.1) is 25.4 Å². The van der Waals surface area contributed by atoms with Crippen LogP contribution in [0.1, 0.15) is 23.4 Å². The van der Waals surface area contributed by atoms with E-state index in [-0.39, 0.29) is 24.2 Å². The second-order valence-corrected chi connectivity index (χ2v) is 6.29. The molecule has 1 saturated heterocycles. The number of rotatable bonds is 4. The van der Waals surface area contributed by atoms with Crippen LogP contribution in [-0.2, 0) is 9.47 Å². The highest BCUT2D eigenvalue weighted by atomic mass is 16.5. The molecule has 2 aromatic rings. The van der Waals surface area contributed by atoms with Gasteiger partial charge in [-0.1, -0.05) is 24.3 Å². The number of morpholine rings is 1. The molecule has 1 aromatic heterocycles. The zero-order chi connectivity index (χ0) is 16.5. The fourth-order valence-electron chi connectivity index (χ4n) is 3.77. The quantitative estimate of drug-likeness (QED) is 0.810. The van der Waals surface area contributed by atoms with Crippen molar-refractivity contribution in [3.8, 4) is 0 Å². The number of amides is 1. The van der Waals surface area contributed by atoms with E-state index in [9.17, 15) is 4.79 Å². The van der Waals surface area contributed by atoms with Gasteiger partial charge in [-0.2, -0.15) is 0 Å². The smallest absolute Gasteiger partial charge is 0.290 e. The fourth-order valence-corrected chi connectivity index (χ4v) is 3.77. The number of nitrogens with zero attached hydrogens (tertiary/aromatic N) is 1. The van der Waals surface area contributed by atoms with Crippen molar-refractivity contribution in [1.29, 1.82) is 0 Å². The normalized spacial score (nSPS) is 26.5. The number of para-hydroxylation sites is 1. The molecule has 0 radical (unpaired) electrons. The largest absolute Gasteiger partial charge is 0.451 e. The summed E-state index contributed by atoms with van der Waals surface area (Å²) in [5.41, 5.74) is 0.740. The minimum atomic E-state index is -0.0629. The molecule has 1 amide bonds. The monoisotopic (exact) mass is 327 g/mol. The first-order valence-electron chi connectivity index (χ1n) is 8.41. The number of fused-ring (bicyclic) bond motifs is 2. The van der Waals surface area contributed by atoms with Gasteiger partial charge in [0, 0.05) is 11.9 Å². The zero-order valence-electron chi connectivity index (χ0n) is 13.5. The fraction of sp³-hybridized carbons (Fsp3) is 0.421. The lowest BCUT2D eigenvalue weighted by molar-refractivity contribution is -0.100. The second-order valence-electron chi connectivity index (χ2n) is 6.29. The SMILES string of the molecule is C=CCO[C@@H]1CC[C@H]2[C@H]1OCCN2C(=O)c1cc2ccccc2o1. The minimum Gasteiger partial charge on any atom is -0.451 e. The Bertz CT molecular complexity index is 720. The number of furan rings is 1. The van der Waals surface area contributed by atoms with Gasteiger partial charge in [-0.25, -0.2) is 0 Å². The lowest BCUT2D eigenvalue weighted by Gasteiger charge is -2.38. The molecule has 0 unspecified atom stereocenters. The van der Waals surface area contributed by atoms with Gasteiger partial charge in [-0.05, 0) is 25.0 Å². The summed E-state index contributed by atoms with van der Waals surface area (Å²) in [4.78, 5) is 14.8. The van der Waals surface area contributed by atoms with Crippen LogP contribution in [0, 0.1) is 0 Å². The van der Waals surface area contributed by atoms with Crippen molar-refractivity contribution < 1.29 is 18.7 Å². The summed E-state index contributed by atoms with van der Waals surface area (Å²) in [5, 5.41) is 0.948. The number of hydrogen-bond acceptors (Lipinski definition) is 4. The first-order chi connectivity index (χ1) is 11.8. The number of carbonyl (C=O) groups excluding carboxylic acids is 1. The van der Waals surface area contributed by atoms with Crippen LogP contribution in [0.4, 0.5) is 0 Å². The molecule has 24 heavy (non-hydrogen) atoms. The molecular weight excluding hydrogens is 306 g/mol. The maximum absolute atomic E-state index is 13.0. The average Bonchev–Trinajstić information content (AvgIpc) is 3.23. The topological polar surface area (TPSA) is 51.9 Å². The second kappa shape index (κ2) is 6.42. The standard InChI is InChI=1S/C19H21NO4/c1-2-10-22-16-8-7-14-18(16)23-11-9-20(14)19(21)17-12-13-5-3-4-6-15(13)24-17/h2-6,12,14,16,18H,1,7-11H2/t14-,16+,18+/m0/s1. The Morgan fingerprint density at radius 3 is 3.08 bits per heavy atom. The van der Waals surface area contributed by atoms with E-state index in [1.807, 2.05) is 35.2 Å². The molecule has 0 spiro atoms. The Hall–Kier alpha value is -2.11. The van der Waals surface area contributed by atoms with Gasteiger partial charge in [0.25, 0.3) is 5.91 Å². The molecule has 2 aliphatic rings. The van der Waals surface area contributed by atoms with Crippen molar-refractivity contribution in [3.05, 3.63) is 48.7 Å². The van der Waals surface area contributed by atoms with Crippen LogP contribution in [0.3, 0.4) is 0 Å². The molecule has 4 rings (SSSR count). The predicted octanol–water partition coefficient (Wildman–Crippen LogP) is 3.01. The Labute approximate surface area is 140 Å². The Balaban J connectivity index is 1.54. The molecule has 1 saturated carbocycles. The van der Waals surface area contributed by atoms with Gasteiger partial charge in [0.1, 0.15) is 11.7 Å². The third-order valence-corrected chi connectivity index (χ3v) is 4.86. The van der Waals surface area contributed by atoms with Gasteiger partial charge >= 0.3 is 0 Å². The van der Waals surface area contributed by atoms with Crippen molar-refractivity contribution in [1.82, 2.24) is 4.90 Å². The van der Waals surface area contributed by atoms with E-state index in [0.717, 1.165) is 23.8 Å². The van der Waals surface area contributed by atoms with Crippen molar-refractivity contribution >= 4 is 16.9 Å². The molecule has 5 heteroatoms. The Kier molecular flexibility index (Phi) is 4.12. The lowest BCUT2D eigenvalue weighted by Crippen LogP contribution is -2.53. The third kappa shape index (κ3) is 2.64. The van der Waals surface area contributed by atoms with Crippen LogP contribution >= 0.6 is 0 Å². The molecule has 126 valence electrons. The Morgan fingerprint density at radius 2 is 2.25 bits per heavy atom. The van der Waals surface area contributed by atoms with Crippen molar-refractivity contribution in [2.24, 2.45) is 0 Å². The lowest BCUT2D eigenvalue weighted by atomic mass is 10.1. The first kappa shape index (κ1) is 15.4. The molecule has 1 aromatic carbocycles. The summed E-state index contributed by atoms with van der Waals surface area (Å²) in [5.74, 6) is 0.334. The van der Waals surface area contributed by atoms with Gasteiger partial charge in [0.2, 0.25) is 0 Å². The van der Waals surface area contributed by atoms with E-state index in [2.05, 4.69) is 6.58 Å². The maximum atomic E-state index is 13.0. The number of ether oxygens (including phenoxy) is 2. The van der Waals surface area contributed by atoms with E-state index in [1.165, 1.54) is 0 Å². The van der Waals surface area contributed by atoms with Crippen LogP contribution in [0.25, 0.3) is 11.0 Å². The van der Waals surface area contributed by atoms with Crippen molar-refractivity contribution in [2.75, 3.05) is 19.8 Å². The van der Waals surface area contributed by atoms with E-state index < -0.39 is 0 Å². The molecule has 0 bridgehead atoms. The average molecular weight is 327 g/mol. The van der Waals surface area contributed by atoms with Gasteiger partial charge < -0.3 is 18.8 Å². The summed E-state index contributed by atoms with van der Waals surface area (Å²) in [6, 6.07) is 9.55. The Morgan fingerprint density at radius 1 is 1.38 bits per heavy atom. The predicted molar refractivity (Wildman–Crippen MR) is 89.9 cm³/mol. The molecule has 3 atom stereocenters. The maximum Gasteiger partial charge on any atom is 0.290 e. The highest BCUT2D eigenvalue weighted by Gasteiger charge is 2.45. The molecule has 1 aliphatic heterocycles. The highest BCUT2D eigenvalue weighted by Crippen LogP contribution is 2.33. The van der Waals surface area contributed by atoms with Gasteiger partial charge in [-0.3, -0.25) is 4.79 Å². The summed E-state index contributed by atoms with van der Waals surface area (Å²) in [6.07, 6.45) is 3.49. The van der Waals surface area contributed by atoms with Crippen molar-refractivity contribution in [2.45, 2.75) is 31.1 Å². The van der Waals surface area contributed by atoms with Gasteiger partial charge in [-0.15, -0.1) is 6.58 Å². The van der Waals surface area contributed by atoms with E-state index >= 15 is 0 Å². The van der Waals surface area contributed by atoms with Crippen LogP contribution < -0.4 is 0 Å². The van der Waals surface area contributed by atoms with E-state index in [0.29, 0.717) is 25.5 Å². The molecule has 2 fully saturated rings. The molecule has 2 heterocycles. The van der Waals surface area contributed by atoms with Crippen molar-refractivity contribution in [3.63, 3.8) is 0 Å². The third-order valence-electron chi connectivity index (χ3n) is 4.86. The highest BCUT2D eigenvalue weighted by molar-refractivity contribution is 5.96. The molecule has 1 aliphatic carbocycles. The van der Waals surface area contributed by atoms with E-state index in [4.69, 9.17) is 13.9 Å². The van der Waals surface area contributed by atoms with Crippen LogP contribution in [-0.4, -0.2) is 48.8 Å². The molecule has 0 N–H and O–H groups in total. The minimum absolute atomic E-state index is 0.0271. The molecular formula is C19H21NO4. The summed E-state index contributed by atoms with van der Waals surface area (Å²) >= 11 is 0. The first-order valence-corrected chi connectivity index (χ1v) is 8.41. The zero-order valence-corrected chi connectivity index (χ0v) is 13.5. The summed E-state index contributed by atoms with van der Waals surface area (Å²) in [6.45, 7) is 5.31. The van der Waals surface area contributed by atoms with Crippen LogP contribution in [0.5, 0.6) is 0 Å². The number of hydrogen-bond donors (Lipinski definition) is 0. The summed E-state index contributed by atoms with van der Waals surface area (Å²) in [7, 11) is 0. The molecule has 5 nitrogen and oxygen atoms in total. The van der Waals surface area contributed by atoms with Crippen LogP contribution in [0.2, 0.25) is 0 Å². The van der Waals surface area contributed by atoms with Gasteiger partial charge in [0.15, 0.2) is 5.76 Å².